The molecule has 1 aromatic carbocycles. The molecule has 0 saturated heterocycles. The van der Waals surface area contributed by atoms with Gasteiger partial charge in [0.1, 0.15) is 5.56 Å². The SMILES string of the molecule is CC(C)C(CCl)NC(=O)c1ccccc1[N+](=O)[O-]. The summed E-state index contributed by atoms with van der Waals surface area (Å²) in [6, 6.07) is 5.64. The van der Waals surface area contributed by atoms with Gasteiger partial charge in [0.2, 0.25) is 0 Å². The predicted molar refractivity (Wildman–Crippen MR) is 69.9 cm³/mol. The standard InChI is InChI=1S/C12H15ClN2O3/c1-8(2)10(7-13)14-12(16)9-5-3-4-6-11(9)15(17)18/h3-6,8,10H,7H2,1-2H3,(H,14,16). The van der Waals surface area contributed by atoms with Crippen molar-refractivity contribution < 1.29 is 9.72 Å². The number of rotatable bonds is 5. The van der Waals surface area contributed by atoms with Gasteiger partial charge in [0.05, 0.1) is 4.92 Å². The van der Waals surface area contributed by atoms with Crippen molar-refractivity contribution in [2.45, 2.75) is 19.9 Å². The molecule has 0 bridgehead atoms. The van der Waals surface area contributed by atoms with Crippen LogP contribution in [0.15, 0.2) is 24.3 Å². The quantitative estimate of drug-likeness (QED) is 0.508. The summed E-state index contributed by atoms with van der Waals surface area (Å²) < 4.78 is 0. The number of nitro benzene ring substituents is 1. The Hall–Kier alpha value is -1.62. The second-order valence-corrected chi connectivity index (χ2v) is 4.56. The zero-order valence-corrected chi connectivity index (χ0v) is 11.0. The Kier molecular flexibility index (Phi) is 5.09. The molecule has 0 aliphatic heterocycles. The number of amides is 1. The van der Waals surface area contributed by atoms with Crippen molar-refractivity contribution in [3.63, 3.8) is 0 Å². The first kappa shape index (κ1) is 14.4. The van der Waals surface area contributed by atoms with Crippen LogP contribution in [0.4, 0.5) is 5.69 Å². The van der Waals surface area contributed by atoms with Gasteiger partial charge in [-0.05, 0) is 12.0 Å². The Labute approximate surface area is 110 Å². The number of hydrogen-bond acceptors (Lipinski definition) is 3. The number of nitrogens with one attached hydrogen (secondary N) is 1. The van der Waals surface area contributed by atoms with E-state index in [0.717, 1.165) is 0 Å². The van der Waals surface area contributed by atoms with E-state index in [1.54, 1.807) is 6.07 Å². The summed E-state index contributed by atoms with van der Waals surface area (Å²) in [5, 5.41) is 13.5. The molecule has 0 spiro atoms. The third-order valence-corrected chi connectivity index (χ3v) is 2.97. The van der Waals surface area contributed by atoms with Gasteiger partial charge >= 0.3 is 0 Å². The molecular formula is C12H15ClN2O3. The number of halogens is 1. The first-order valence-corrected chi connectivity index (χ1v) is 6.11. The molecule has 1 amide bonds. The van der Waals surface area contributed by atoms with Crippen molar-refractivity contribution in [1.82, 2.24) is 5.32 Å². The molecule has 6 heteroatoms. The normalized spacial score (nSPS) is 12.2. The highest BCUT2D eigenvalue weighted by molar-refractivity contribution is 6.18. The van der Waals surface area contributed by atoms with Gasteiger partial charge in [-0.3, -0.25) is 14.9 Å². The molecule has 98 valence electrons. The highest BCUT2D eigenvalue weighted by Gasteiger charge is 2.22. The lowest BCUT2D eigenvalue weighted by molar-refractivity contribution is -0.385. The van der Waals surface area contributed by atoms with Crippen LogP contribution in [0, 0.1) is 16.0 Å². The van der Waals surface area contributed by atoms with Crippen LogP contribution in [-0.4, -0.2) is 22.8 Å². The summed E-state index contributed by atoms with van der Waals surface area (Å²) in [6.45, 7) is 3.85. The zero-order chi connectivity index (χ0) is 13.7. The molecule has 0 aliphatic carbocycles. The topological polar surface area (TPSA) is 72.2 Å². The van der Waals surface area contributed by atoms with Gasteiger partial charge in [-0.1, -0.05) is 26.0 Å². The van der Waals surface area contributed by atoms with E-state index in [4.69, 9.17) is 11.6 Å². The van der Waals surface area contributed by atoms with E-state index in [0.29, 0.717) is 0 Å². The number of carbonyl (C=O) groups is 1. The van der Waals surface area contributed by atoms with Crippen LogP contribution in [-0.2, 0) is 0 Å². The summed E-state index contributed by atoms with van der Waals surface area (Å²) in [4.78, 5) is 22.2. The fourth-order valence-corrected chi connectivity index (χ4v) is 1.89. The van der Waals surface area contributed by atoms with E-state index in [1.165, 1.54) is 18.2 Å². The molecule has 0 fully saturated rings. The molecule has 0 aliphatic rings. The summed E-state index contributed by atoms with van der Waals surface area (Å²) >= 11 is 5.75. The zero-order valence-electron chi connectivity index (χ0n) is 10.2. The molecule has 0 radical (unpaired) electrons. The Morgan fingerprint density at radius 1 is 1.44 bits per heavy atom. The van der Waals surface area contributed by atoms with Gasteiger partial charge < -0.3 is 5.32 Å². The van der Waals surface area contributed by atoms with Crippen molar-refractivity contribution in [3.8, 4) is 0 Å². The van der Waals surface area contributed by atoms with E-state index in [9.17, 15) is 14.9 Å². The van der Waals surface area contributed by atoms with Crippen molar-refractivity contribution >= 4 is 23.2 Å². The fraction of sp³-hybridized carbons (Fsp3) is 0.417. The second-order valence-electron chi connectivity index (χ2n) is 4.25. The molecule has 1 unspecified atom stereocenters. The Bertz CT molecular complexity index is 449. The van der Waals surface area contributed by atoms with Crippen LogP contribution in [0.2, 0.25) is 0 Å². The molecule has 1 N–H and O–H groups in total. The lowest BCUT2D eigenvalue weighted by atomic mass is 10.1. The minimum atomic E-state index is -0.569. The Balaban J connectivity index is 2.94. The number of para-hydroxylation sites is 1. The van der Waals surface area contributed by atoms with Gasteiger partial charge in [-0.15, -0.1) is 11.6 Å². The Morgan fingerprint density at radius 3 is 2.56 bits per heavy atom. The molecule has 1 atom stereocenters. The van der Waals surface area contributed by atoms with E-state index in [2.05, 4.69) is 5.32 Å². The van der Waals surface area contributed by atoms with E-state index >= 15 is 0 Å². The number of alkyl halides is 1. The molecular weight excluding hydrogens is 256 g/mol. The van der Waals surface area contributed by atoms with Crippen molar-refractivity contribution in [2.75, 3.05) is 5.88 Å². The average molecular weight is 271 g/mol. The predicted octanol–water partition coefficient (Wildman–Crippen LogP) is 2.59. The largest absolute Gasteiger partial charge is 0.348 e. The minimum absolute atomic E-state index is 0.0540. The molecule has 0 aromatic heterocycles. The highest BCUT2D eigenvalue weighted by atomic mass is 35.5. The lowest BCUT2D eigenvalue weighted by Gasteiger charge is -2.19. The van der Waals surface area contributed by atoms with Gasteiger partial charge in [0.25, 0.3) is 11.6 Å². The van der Waals surface area contributed by atoms with Crippen LogP contribution in [0.3, 0.4) is 0 Å². The molecule has 0 heterocycles. The fourth-order valence-electron chi connectivity index (χ4n) is 1.45. The number of carbonyl (C=O) groups excluding carboxylic acids is 1. The van der Waals surface area contributed by atoms with Crippen molar-refractivity contribution in [1.29, 1.82) is 0 Å². The summed E-state index contributed by atoms with van der Waals surface area (Å²) in [7, 11) is 0. The van der Waals surface area contributed by atoms with E-state index < -0.39 is 10.8 Å². The van der Waals surface area contributed by atoms with Crippen molar-refractivity contribution in [2.24, 2.45) is 5.92 Å². The van der Waals surface area contributed by atoms with Gasteiger partial charge in [-0.25, -0.2) is 0 Å². The molecule has 18 heavy (non-hydrogen) atoms. The van der Waals surface area contributed by atoms with Crippen LogP contribution in [0.5, 0.6) is 0 Å². The lowest BCUT2D eigenvalue weighted by Crippen LogP contribution is -2.40. The Morgan fingerprint density at radius 2 is 2.06 bits per heavy atom. The molecule has 1 aromatic rings. The van der Waals surface area contributed by atoms with Crippen LogP contribution < -0.4 is 5.32 Å². The third kappa shape index (κ3) is 3.43. The van der Waals surface area contributed by atoms with Crippen molar-refractivity contribution in [3.05, 3.63) is 39.9 Å². The van der Waals surface area contributed by atoms with E-state index in [-0.39, 0.29) is 29.1 Å². The summed E-state index contributed by atoms with van der Waals surface area (Å²) in [6.07, 6.45) is 0. The molecule has 0 saturated carbocycles. The van der Waals surface area contributed by atoms with Crippen LogP contribution in [0.1, 0.15) is 24.2 Å². The maximum Gasteiger partial charge on any atom is 0.282 e. The number of hydrogen-bond donors (Lipinski definition) is 1. The number of nitrogens with zero attached hydrogens (tertiary/aromatic N) is 1. The maximum atomic E-state index is 12.0. The minimum Gasteiger partial charge on any atom is -0.348 e. The van der Waals surface area contributed by atoms with Crippen LogP contribution in [0.25, 0.3) is 0 Å². The van der Waals surface area contributed by atoms with Gasteiger partial charge in [0.15, 0.2) is 0 Å². The smallest absolute Gasteiger partial charge is 0.282 e. The van der Waals surface area contributed by atoms with Crippen LogP contribution >= 0.6 is 11.6 Å². The second kappa shape index (κ2) is 6.35. The summed E-state index contributed by atoms with van der Waals surface area (Å²) in [5.74, 6) is -0.0415. The van der Waals surface area contributed by atoms with Gasteiger partial charge in [-0.2, -0.15) is 0 Å². The average Bonchev–Trinajstić information content (AvgIpc) is 2.35. The maximum absolute atomic E-state index is 12.0. The first-order chi connectivity index (χ1) is 8.47. The first-order valence-electron chi connectivity index (χ1n) is 5.57. The van der Waals surface area contributed by atoms with E-state index in [1.807, 2.05) is 13.8 Å². The number of benzene rings is 1. The molecule has 1 rings (SSSR count). The third-order valence-electron chi connectivity index (χ3n) is 2.63. The number of nitro groups is 1. The monoisotopic (exact) mass is 270 g/mol. The molecule has 5 nitrogen and oxygen atoms in total. The summed E-state index contributed by atoms with van der Waals surface area (Å²) in [5.41, 5.74) is -0.148. The van der Waals surface area contributed by atoms with Gasteiger partial charge in [0, 0.05) is 18.0 Å². The highest BCUT2D eigenvalue weighted by Crippen LogP contribution is 2.18.